The molecule has 0 bridgehead atoms. The number of fused-ring (bicyclic) bond motifs is 1. The van der Waals surface area contributed by atoms with Crippen LogP contribution < -0.4 is 9.62 Å². The Balaban J connectivity index is 1.30. The Kier molecular flexibility index (Phi) is 9.27. The average Bonchev–Trinajstić information content (AvgIpc) is 3.26. The van der Waals surface area contributed by atoms with Crippen LogP contribution in [-0.2, 0) is 22.8 Å². The number of amides is 1. The van der Waals surface area contributed by atoms with Crippen molar-refractivity contribution < 1.29 is 27.1 Å². The second kappa shape index (κ2) is 12.8. The summed E-state index contributed by atoms with van der Waals surface area (Å²) in [7, 11) is 4.01. The normalized spacial score (nSPS) is 20.6. The first kappa shape index (κ1) is 31.8. The van der Waals surface area contributed by atoms with Crippen LogP contribution in [-0.4, -0.2) is 35.2 Å². The van der Waals surface area contributed by atoms with Gasteiger partial charge in [-0.1, -0.05) is 19.1 Å². The van der Waals surface area contributed by atoms with E-state index in [-0.39, 0.29) is 23.6 Å². The van der Waals surface area contributed by atoms with Gasteiger partial charge in [0, 0.05) is 37.2 Å². The van der Waals surface area contributed by atoms with Gasteiger partial charge in [0.1, 0.15) is 11.6 Å². The molecule has 1 amide bonds. The molecule has 6 nitrogen and oxygen atoms in total. The summed E-state index contributed by atoms with van der Waals surface area (Å²) in [6, 6.07) is 16.6. The summed E-state index contributed by atoms with van der Waals surface area (Å²) in [4.78, 5) is 19.1. The van der Waals surface area contributed by atoms with Gasteiger partial charge in [-0.25, -0.2) is 9.37 Å². The van der Waals surface area contributed by atoms with Gasteiger partial charge in [0.25, 0.3) is 0 Å². The number of imidazole rings is 1. The molecular formula is C33H36F4N4O2S. The number of hydrogen-bond acceptors (Lipinski definition) is 5. The molecule has 1 aromatic heterocycles. The third-order valence-corrected chi connectivity index (χ3v) is 9.55. The highest BCUT2D eigenvalue weighted by Crippen LogP contribution is 2.43. The highest BCUT2D eigenvalue weighted by atomic mass is 32.2. The van der Waals surface area contributed by atoms with Crippen molar-refractivity contribution >= 4 is 40.3 Å². The van der Waals surface area contributed by atoms with Crippen molar-refractivity contribution in [2.45, 2.75) is 56.7 Å². The summed E-state index contributed by atoms with van der Waals surface area (Å²) in [6.07, 6.45) is -3.69. The molecule has 0 saturated heterocycles. The number of benzene rings is 3. The van der Waals surface area contributed by atoms with Gasteiger partial charge < -0.3 is 18.9 Å². The summed E-state index contributed by atoms with van der Waals surface area (Å²) >= 11 is 1.60. The van der Waals surface area contributed by atoms with Gasteiger partial charge in [-0.05, 0) is 105 Å². The first-order valence-electron chi connectivity index (χ1n) is 14.6. The maximum atomic E-state index is 14.5. The first-order chi connectivity index (χ1) is 20.8. The van der Waals surface area contributed by atoms with Gasteiger partial charge in [0.05, 0.1) is 28.4 Å². The third-order valence-electron chi connectivity index (χ3n) is 8.60. The monoisotopic (exact) mass is 628 g/mol. The molecule has 234 valence electrons. The zero-order chi connectivity index (χ0) is 31.8. The Morgan fingerprint density at radius 2 is 1.84 bits per heavy atom. The molecule has 1 aliphatic carbocycles. The Labute approximate surface area is 258 Å². The van der Waals surface area contributed by atoms with Crippen molar-refractivity contribution in [2.75, 3.05) is 23.3 Å². The van der Waals surface area contributed by atoms with Crippen LogP contribution in [0.5, 0.6) is 0 Å². The Bertz CT molecular complexity index is 1640. The van der Waals surface area contributed by atoms with E-state index in [9.17, 15) is 22.4 Å². The largest absolute Gasteiger partial charge is 0.416 e. The van der Waals surface area contributed by atoms with Crippen LogP contribution in [0.25, 0.3) is 11.0 Å². The van der Waals surface area contributed by atoms with Gasteiger partial charge in [0.15, 0.2) is 0 Å². The fourth-order valence-corrected chi connectivity index (χ4v) is 6.88. The number of anilines is 2. The topological polar surface area (TPSA) is 59.4 Å². The van der Waals surface area contributed by atoms with E-state index in [1.54, 1.807) is 11.9 Å². The minimum Gasteiger partial charge on any atom is -0.378 e. The van der Waals surface area contributed by atoms with Crippen LogP contribution in [0.1, 0.15) is 49.6 Å². The van der Waals surface area contributed by atoms with Gasteiger partial charge in [0.2, 0.25) is 5.91 Å². The highest BCUT2D eigenvalue weighted by Gasteiger charge is 2.40. The second-order valence-corrected chi connectivity index (χ2v) is 12.6. The first-order valence-corrected chi connectivity index (χ1v) is 15.4. The van der Waals surface area contributed by atoms with E-state index in [1.807, 2.05) is 34.9 Å². The minimum atomic E-state index is -4.67. The van der Waals surface area contributed by atoms with E-state index >= 15 is 0 Å². The number of aromatic nitrogens is 2. The molecule has 1 N–H and O–H groups in total. The standard InChI is InChI=1S/C33H36F4N4O2S/c1-6-43-24-16-26(19(2)27(17-24)32(42)39-29-13-9-22(15-28(29)34)33(35,36)37)21-7-10-23(11-8-21)41(5)44-25-12-14-31-30(18-25)38-20(3)40(31)4/h7-15,18-19,24,26-27H,6,16-17H2,1-5H3,(H,39,42)/t19-,24?,26?,27?/m1/s1. The van der Waals surface area contributed by atoms with Gasteiger partial charge in [-0.3, -0.25) is 4.79 Å². The van der Waals surface area contributed by atoms with Crippen molar-refractivity contribution in [3.8, 4) is 0 Å². The molecule has 1 aliphatic rings. The van der Waals surface area contributed by atoms with Crippen molar-refractivity contribution in [1.82, 2.24) is 9.55 Å². The number of ether oxygens (including phenoxy) is 1. The molecule has 3 aromatic carbocycles. The molecule has 0 spiro atoms. The van der Waals surface area contributed by atoms with Gasteiger partial charge in [-0.2, -0.15) is 13.2 Å². The van der Waals surface area contributed by atoms with E-state index < -0.39 is 29.4 Å². The van der Waals surface area contributed by atoms with Crippen molar-refractivity contribution in [1.29, 1.82) is 0 Å². The number of halogens is 4. The molecular weight excluding hydrogens is 592 g/mol. The molecule has 44 heavy (non-hydrogen) atoms. The fraction of sp³-hybridized carbons (Fsp3) is 0.394. The van der Waals surface area contributed by atoms with Crippen molar-refractivity contribution in [2.24, 2.45) is 18.9 Å². The molecule has 4 atom stereocenters. The zero-order valence-corrected chi connectivity index (χ0v) is 26.1. The van der Waals surface area contributed by atoms with Crippen LogP contribution >= 0.6 is 11.9 Å². The maximum Gasteiger partial charge on any atom is 0.416 e. The zero-order valence-electron chi connectivity index (χ0n) is 25.3. The number of rotatable bonds is 8. The number of carbonyl (C=O) groups is 1. The summed E-state index contributed by atoms with van der Waals surface area (Å²) in [5.74, 6) is -1.23. The third kappa shape index (κ3) is 6.73. The maximum absolute atomic E-state index is 14.5. The van der Waals surface area contributed by atoms with Crippen LogP contribution in [0.3, 0.4) is 0 Å². The molecule has 0 radical (unpaired) electrons. The summed E-state index contributed by atoms with van der Waals surface area (Å²) < 4.78 is 63.6. The quantitative estimate of drug-likeness (QED) is 0.157. The van der Waals surface area contributed by atoms with E-state index in [2.05, 4.69) is 61.6 Å². The number of nitrogens with zero attached hydrogens (tertiary/aromatic N) is 3. The summed E-state index contributed by atoms with van der Waals surface area (Å²) in [5, 5.41) is 2.53. The Morgan fingerprint density at radius 3 is 2.50 bits per heavy atom. The molecule has 1 heterocycles. The molecule has 3 unspecified atom stereocenters. The number of alkyl halides is 3. The molecule has 4 aromatic rings. The molecule has 0 aliphatic heterocycles. The molecule has 11 heteroatoms. The highest BCUT2D eigenvalue weighted by molar-refractivity contribution is 8.00. The lowest BCUT2D eigenvalue weighted by atomic mass is 9.68. The second-order valence-electron chi connectivity index (χ2n) is 11.4. The lowest BCUT2D eigenvalue weighted by Gasteiger charge is -2.40. The van der Waals surface area contributed by atoms with Crippen LogP contribution in [0, 0.1) is 24.6 Å². The number of carbonyl (C=O) groups excluding carboxylic acids is 1. The summed E-state index contributed by atoms with van der Waals surface area (Å²) in [6.45, 7) is 6.36. The Hall–Kier alpha value is -3.57. The molecule has 1 saturated carbocycles. The predicted molar refractivity (Wildman–Crippen MR) is 166 cm³/mol. The number of nitrogens with one attached hydrogen (secondary N) is 1. The number of hydrogen-bond donors (Lipinski definition) is 1. The molecule has 5 rings (SSSR count). The lowest BCUT2D eigenvalue weighted by molar-refractivity contribution is -0.137. The van der Waals surface area contributed by atoms with Crippen LogP contribution in [0.2, 0.25) is 0 Å². The van der Waals surface area contributed by atoms with Crippen molar-refractivity contribution in [3.05, 3.63) is 83.4 Å². The van der Waals surface area contributed by atoms with E-state index in [0.717, 1.165) is 51.6 Å². The lowest BCUT2D eigenvalue weighted by Crippen LogP contribution is -2.40. The smallest absolute Gasteiger partial charge is 0.378 e. The number of aryl methyl sites for hydroxylation is 2. The summed E-state index contributed by atoms with van der Waals surface area (Å²) in [5.41, 5.74) is 2.73. The van der Waals surface area contributed by atoms with Gasteiger partial charge >= 0.3 is 6.18 Å². The predicted octanol–water partition coefficient (Wildman–Crippen LogP) is 8.36. The van der Waals surface area contributed by atoms with E-state index in [4.69, 9.17) is 4.74 Å². The van der Waals surface area contributed by atoms with E-state index in [0.29, 0.717) is 19.1 Å². The fourth-order valence-electron chi connectivity index (χ4n) is 6.05. The van der Waals surface area contributed by atoms with Crippen LogP contribution in [0.4, 0.5) is 28.9 Å². The SMILES string of the molecule is CCOC1CC(C(=O)Nc2ccc(C(F)(F)F)cc2F)[C@H](C)C(c2ccc(N(C)Sc3ccc4c(c3)nc(C)n4C)cc2)C1. The molecule has 1 fully saturated rings. The van der Waals surface area contributed by atoms with Crippen LogP contribution in [0.15, 0.2) is 65.6 Å². The van der Waals surface area contributed by atoms with Gasteiger partial charge in [-0.15, -0.1) is 0 Å². The van der Waals surface area contributed by atoms with Crippen molar-refractivity contribution in [3.63, 3.8) is 0 Å². The minimum absolute atomic E-state index is 0.00434. The van der Waals surface area contributed by atoms with E-state index in [1.165, 1.54) is 0 Å². The average molecular weight is 629 g/mol. The Morgan fingerprint density at radius 1 is 1.11 bits per heavy atom.